The van der Waals surface area contributed by atoms with E-state index in [2.05, 4.69) is 0 Å². The lowest BCUT2D eigenvalue weighted by atomic mass is 10.1. The van der Waals surface area contributed by atoms with Gasteiger partial charge in [0.1, 0.15) is 0 Å². The van der Waals surface area contributed by atoms with Gasteiger partial charge in [0.25, 0.3) is 5.69 Å². The molecule has 2 amide bonds. The molecule has 1 aliphatic heterocycles. The van der Waals surface area contributed by atoms with Crippen LogP contribution in [0.5, 0.6) is 0 Å². The quantitative estimate of drug-likeness (QED) is 0.445. The number of hydrogen-bond acceptors (Lipinski definition) is 5. The molecular formula is C15H17N3O5. The summed E-state index contributed by atoms with van der Waals surface area (Å²) in [7, 11) is 0. The fourth-order valence-electron chi connectivity index (χ4n) is 2.35. The van der Waals surface area contributed by atoms with Crippen LogP contribution in [-0.4, -0.2) is 39.9 Å². The first kappa shape index (κ1) is 16.6. The number of nitrogens with zero attached hydrogens (tertiary/aromatic N) is 2. The van der Waals surface area contributed by atoms with Crippen molar-refractivity contribution in [3.8, 4) is 0 Å². The van der Waals surface area contributed by atoms with E-state index in [0.717, 1.165) is 5.56 Å². The van der Waals surface area contributed by atoms with Crippen LogP contribution in [0, 0.1) is 10.1 Å². The van der Waals surface area contributed by atoms with Crippen LogP contribution >= 0.6 is 0 Å². The van der Waals surface area contributed by atoms with Crippen LogP contribution in [0.1, 0.15) is 18.4 Å². The molecule has 0 atom stereocenters. The van der Waals surface area contributed by atoms with Gasteiger partial charge < -0.3 is 4.90 Å². The maximum absolute atomic E-state index is 12.1. The molecule has 0 aliphatic carbocycles. The molecule has 0 unspecified atom stereocenters. The second-order valence-electron chi connectivity index (χ2n) is 5.19. The topological polar surface area (TPSA) is 113 Å². The third kappa shape index (κ3) is 4.36. The van der Waals surface area contributed by atoms with Crippen LogP contribution in [0.2, 0.25) is 0 Å². The van der Waals surface area contributed by atoms with Gasteiger partial charge >= 0.3 is 0 Å². The molecule has 1 aromatic carbocycles. The molecule has 1 heterocycles. The molecule has 2 rings (SSSR count). The van der Waals surface area contributed by atoms with Crippen LogP contribution < -0.4 is 5.48 Å². The Bertz CT molecular complexity index is 639. The van der Waals surface area contributed by atoms with Gasteiger partial charge in [0.2, 0.25) is 11.8 Å². The lowest BCUT2D eigenvalue weighted by molar-refractivity contribution is -0.384. The lowest BCUT2D eigenvalue weighted by Gasteiger charge is -2.16. The first-order valence-electron chi connectivity index (χ1n) is 7.16. The van der Waals surface area contributed by atoms with Gasteiger partial charge in [-0.3, -0.25) is 24.9 Å². The number of benzene rings is 1. The molecule has 2 N–H and O–H groups in total. The Morgan fingerprint density at radius 3 is 2.61 bits per heavy atom. The van der Waals surface area contributed by atoms with Gasteiger partial charge in [-0.25, -0.2) is 5.48 Å². The van der Waals surface area contributed by atoms with Crippen LogP contribution in [0.3, 0.4) is 0 Å². The van der Waals surface area contributed by atoms with Gasteiger partial charge in [-0.05, 0) is 18.4 Å². The zero-order valence-electron chi connectivity index (χ0n) is 12.4. The molecule has 1 aliphatic rings. The number of nitro benzene ring substituents is 1. The number of carbonyl (C=O) groups is 2. The molecule has 8 nitrogen and oxygen atoms in total. The van der Waals surface area contributed by atoms with E-state index in [1.54, 1.807) is 23.1 Å². The van der Waals surface area contributed by atoms with Crippen molar-refractivity contribution in [1.29, 1.82) is 0 Å². The van der Waals surface area contributed by atoms with Crippen molar-refractivity contribution in [2.45, 2.75) is 19.3 Å². The SMILES string of the molecule is O=C(CCC1=CCN(CCc2ccc([N+](=O)[O-])cc2)C1=O)NO. The van der Waals surface area contributed by atoms with Crippen molar-refractivity contribution in [2.24, 2.45) is 0 Å². The summed E-state index contributed by atoms with van der Waals surface area (Å²) in [5.41, 5.74) is 3.05. The predicted molar refractivity (Wildman–Crippen MR) is 80.6 cm³/mol. The second-order valence-corrected chi connectivity index (χ2v) is 5.19. The molecule has 0 saturated carbocycles. The van der Waals surface area contributed by atoms with Crippen molar-refractivity contribution in [2.75, 3.05) is 13.1 Å². The largest absolute Gasteiger partial charge is 0.335 e. The molecule has 0 aromatic heterocycles. The van der Waals surface area contributed by atoms with Crippen LogP contribution in [0.15, 0.2) is 35.9 Å². The third-order valence-corrected chi connectivity index (χ3v) is 3.68. The Labute approximate surface area is 132 Å². The number of nitro groups is 1. The smallest absolute Gasteiger partial charge is 0.269 e. The second kappa shape index (κ2) is 7.50. The van der Waals surface area contributed by atoms with Crippen LogP contribution in [0.25, 0.3) is 0 Å². The fourth-order valence-corrected chi connectivity index (χ4v) is 2.35. The number of non-ortho nitro benzene ring substituents is 1. The molecule has 0 saturated heterocycles. The third-order valence-electron chi connectivity index (χ3n) is 3.68. The summed E-state index contributed by atoms with van der Waals surface area (Å²) in [4.78, 5) is 34.9. The van der Waals surface area contributed by atoms with Crippen LogP contribution in [-0.2, 0) is 16.0 Å². The highest BCUT2D eigenvalue weighted by atomic mass is 16.6. The zero-order chi connectivity index (χ0) is 16.8. The monoisotopic (exact) mass is 319 g/mol. The molecular weight excluding hydrogens is 302 g/mol. The van der Waals surface area contributed by atoms with Crippen molar-refractivity contribution in [1.82, 2.24) is 10.4 Å². The molecule has 0 bridgehead atoms. The van der Waals surface area contributed by atoms with Gasteiger partial charge in [-0.2, -0.15) is 0 Å². The summed E-state index contributed by atoms with van der Waals surface area (Å²) in [6.45, 7) is 0.991. The van der Waals surface area contributed by atoms with Gasteiger partial charge in [-0.15, -0.1) is 0 Å². The molecule has 0 spiro atoms. The Morgan fingerprint density at radius 1 is 1.30 bits per heavy atom. The average Bonchev–Trinajstić information content (AvgIpc) is 2.91. The highest BCUT2D eigenvalue weighted by molar-refractivity contribution is 5.96. The van der Waals surface area contributed by atoms with E-state index < -0.39 is 10.8 Å². The number of nitrogens with one attached hydrogen (secondary N) is 1. The van der Waals surface area contributed by atoms with E-state index in [1.165, 1.54) is 17.6 Å². The maximum atomic E-state index is 12.1. The van der Waals surface area contributed by atoms with Crippen molar-refractivity contribution in [3.63, 3.8) is 0 Å². The first-order valence-corrected chi connectivity index (χ1v) is 7.16. The van der Waals surface area contributed by atoms with E-state index >= 15 is 0 Å². The molecule has 8 heteroatoms. The van der Waals surface area contributed by atoms with Gasteiger partial charge in [-0.1, -0.05) is 18.2 Å². The minimum Gasteiger partial charge on any atom is -0.335 e. The normalized spacial score (nSPS) is 13.9. The maximum Gasteiger partial charge on any atom is 0.269 e. The van der Waals surface area contributed by atoms with Crippen LogP contribution in [0.4, 0.5) is 5.69 Å². The fraction of sp³-hybridized carbons (Fsp3) is 0.333. The van der Waals surface area contributed by atoms with E-state index in [0.29, 0.717) is 31.5 Å². The van der Waals surface area contributed by atoms with E-state index in [9.17, 15) is 19.7 Å². The number of carbonyl (C=O) groups excluding carboxylic acids is 2. The number of rotatable bonds is 7. The summed E-state index contributed by atoms with van der Waals surface area (Å²) in [6, 6.07) is 6.24. The van der Waals surface area contributed by atoms with E-state index in [4.69, 9.17) is 5.21 Å². The summed E-state index contributed by atoms with van der Waals surface area (Å²) in [5.74, 6) is -0.638. The molecule has 0 radical (unpaired) electrons. The highest BCUT2D eigenvalue weighted by Gasteiger charge is 2.23. The average molecular weight is 319 g/mol. The van der Waals surface area contributed by atoms with Gasteiger partial charge in [0.05, 0.1) is 4.92 Å². The number of hydrogen-bond donors (Lipinski definition) is 2. The Morgan fingerprint density at radius 2 is 2.00 bits per heavy atom. The molecule has 1 aromatic rings. The minimum atomic E-state index is -0.525. The molecule has 0 fully saturated rings. The zero-order valence-corrected chi connectivity index (χ0v) is 12.4. The molecule has 23 heavy (non-hydrogen) atoms. The molecule has 122 valence electrons. The highest BCUT2D eigenvalue weighted by Crippen LogP contribution is 2.18. The Hall–Kier alpha value is -2.74. The number of hydroxylamine groups is 1. The van der Waals surface area contributed by atoms with Crippen molar-refractivity contribution >= 4 is 17.5 Å². The van der Waals surface area contributed by atoms with Crippen molar-refractivity contribution < 1.29 is 19.7 Å². The minimum absolute atomic E-state index is 0.0390. The van der Waals surface area contributed by atoms with Gasteiger partial charge in [0, 0.05) is 37.2 Å². The van der Waals surface area contributed by atoms with E-state index in [1.807, 2.05) is 0 Å². The summed E-state index contributed by atoms with van der Waals surface area (Å²) < 4.78 is 0. The Kier molecular flexibility index (Phi) is 5.42. The first-order chi connectivity index (χ1) is 11.0. The van der Waals surface area contributed by atoms with Gasteiger partial charge in [0.15, 0.2) is 0 Å². The number of amides is 2. The van der Waals surface area contributed by atoms with Crippen molar-refractivity contribution in [3.05, 3.63) is 51.6 Å². The lowest BCUT2D eigenvalue weighted by Crippen LogP contribution is -2.29. The standard InChI is InChI=1S/C15H17N3O5/c19-14(16-21)6-3-12-8-10-17(15(12)20)9-7-11-1-4-13(5-2-11)18(22)23/h1-2,4-5,8,21H,3,6-7,9-10H2,(H,16,19). The summed E-state index contributed by atoms with van der Waals surface area (Å²) >= 11 is 0. The predicted octanol–water partition coefficient (Wildman–Crippen LogP) is 1.19. The summed E-state index contributed by atoms with van der Waals surface area (Å²) in [5, 5.41) is 19.0. The summed E-state index contributed by atoms with van der Waals surface area (Å²) in [6.07, 6.45) is 2.73. The Balaban J connectivity index is 1.82. The van der Waals surface area contributed by atoms with E-state index in [-0.39, 0.29) is 18.0 Å².